The fraction of sp³-hybridized carbons (Fsp3) is 0.280. The Bertz CT molecular complexity index is 1470. The molecule has 1 fully saturated rings. The summed E-state index contributed by atoms with van der Waals surface area (Å²) in [6, 6.07) is 10.8. The molecule has 3 heterocycles. The van der Waals surface area contributed by atoms with Crippen LogP contribution in [0.5, 0.6) is 0 Å². The van der Waals surface area contributed by atoms with Gasteiger partial charge in [0.2, 0.25) is 0 Å². The van der Waals surface area contributed by atoms with Gasteiger partial charge in [0.1, 0.15) is 11.5 Å². The number of alkyl halides is 6. The number of rotatable bonds is 4. The number of hydrogen-bond donors (Lipinski definition) is 5. The summed E-state index contributed by atoms with van der Waals surface area (Å²) in [6.07, 6.45) is -5.50. The van der Waals surface area contributed by atoms with Gasteiger partial charge in [0.05, 0.1) is 17.2 Å². The van der Waals surface area contributed by atoms with Gasteiger partial charge < -0.3 is 30.4 Å². The zero-order valence-electron chi connectivity index (χ0n) is 21.7. The number of amides is 1. The molecule has 0 saturated carbocycles. The van der Waals surface area contributed by atoms with Crippen LogP contribution in [0, 0.1) is 11.3 Å². The Morgan fingerprint density at radius 3 is 1.79 bits per heavy atom. The molecule has 1 aromatic carbocycles. The highest BCUT2D eigenvalue weighted by Crippen LogP contribution is 2.23. The molecule has 1 aliphatic heterocycles. The highest BCUT2D eigenvalue weighted by atomic mass is 19.4. The first kappa shape index (κ1) is 34.0. The second-order valence-electron chi connectivity index (χ2n) is 8.78. The summed E-state index contributed by atoms with van der Waals surface area (Å²) in [7, 11) is 0. The smallest absolute Gasteiger partial charge is 0.481 e. The van der Waals surface area contributed by atoms with Gasteiger partial charge in [0.25, 0.3) is 5.91 Å². The SMILES string of the molecule is N=C(N)c1cccn2cc(-c3ccc(C(=O)N4CCC(C(=O)O)CC4)cc3)nc12.O=C(O)C(F)(F)F.O=C(O)C(F)(F)F. The van der Waals surface area contributed by atoms with Gasteiger partial charge in [-0.25, -0.2) is 14.6 Å². The first-order valence-electron chi connectivity index (χ1n) is 11.9. The van der Waals surface area contributed by atoms with Crippen molar-refractivity contribution in [2.45, 2.75) is 25.2 Å². The topological polar surface area (TPSA) is 199 Å². The van der Waals surface area contributed by atoms with E-state index in [1.807, 2.05) is 35.0 Å². The van der Waals surface area contributed by atoms with Crippen LogP contribution in [0.25, 0.3) is 16.9 Å². The number of carbonyl (C=O) groups is 4. The average molecular weight is 619 g/mol. The van der Waals surface area contributed by atoms with Crippen LogP contribution in [-0.4, -0.2) is 84.7 Å². The van der Waals surface area contributed by atoms with E-state index in [4.69, 9.17) is 36.1 Å². The lowest BCUT2D eigenvalue weighted by Gasteiger charge is -2.30. The molecule has 1 saturated heterocycles. The molecule has 12 nitrogen and oxygen atoms in total. The second-order valence-corrected chi connectivity index (χ2v) is 8.78. The van der Waals surface area contributed by atoms with Crippen molar-refractivity contribution in [2.24, 2.45) is 11.7 Å². The lowest BCUT2D eigenvalue weighted by molar-refractivity contribution is -0.193. The van der Waals surface area contributed by atoms with Crippen molar-refractivity contribution in [1.82, 2.24) is 14.3 Å². The van der Waals surface area contributed by atoms with Gasteiger partial charge >= 0.3 is 30.3 Å². The molecule has 6 N–H and O–H groups in total. The summed E-state index contributed by atoms with van der Waals surface area (Å²) in [5, 5.41) is 31.0. The molecule has 3 aromatic rings. The Kier molecular flexibility index (Phi) is 10.8. The number of hydrogen-bond acceptors (Lipinski definition) is 6. The zero-order valence-corrected chi connectivity index (χ0v) is 21.7. The largest absolute Gasteiger partial charge is 0.490 e. The fourth-order valence-corrected chi connectivity index (χ4v) is 3.66. The number of nitrogens with one attached hydrogen (secondary N) is 1. The monoisotopic (exact) mass is 619 g/mol. The highest BCUT2D eigenvalue weighted by Gasteiger charge is 2.39. The van der Waals surface area contributed by atoms with Crippen LogP contribution in [0.1, 0.15) is 28.8 Å². The molecule has 232 valence electrons. The Labute approximate surface area is 237 Å². The summed E-state index contributed by atoms with van der Waals surface area (Å²) in [6.45, 7) is 0.912. The standard InChI is InChI=1S/C21H21N5O3.2C2HF3O2/c22-18(23)16-2-1-9-26-12-17(24-19(16)26)13-3-5-14(6-4-13)20(27)25-10-7-15(8-11-25)21(28)29;2*3-2(4,5)1(6)7/h1-6,9,12,15H,7-8,10-11H2,(H3,22,23)(H,28,29);2*(H,6,7). The van der Waals surface area contributed by atoms with E-state index in [1.54, 1.807) is 23.1 Å². The number of aromatic nitrogens is 2. The first-order valence-corrected chi connectivity index (χ1v) is 11.9. The number of imidazole rings is 1. The Morgan fingerprint density at radius 2 is 1.37 bits per heavy atom. The van der Waals surface area contributed by atoms with Crippen LogP contribution in [0.2, 0.25) is 0 Å². The summed E-state index contributed by atoms with van der Waals surface area (Å²) < 4.78 is 65.3. The molecular formula is C25H23F6N5O7. The number of piperidine rings is 1. The molecule has 2 aromatic heterocycles. The second kappa shape index (κ2) is 13.7. The quantitative estimate of drug-likeness (QED) is 0.165. The summed E-state index contributed by atoms with van der Waals surface area (Å²) in [5.41, 5.74) is 8.94. The maximum absolute atomic E-state index is 12.7. The maximum Gasteiger partial charge on any atom is 0.490 e. The molecule has 0 atom stereocenters. The molecule has 1 amide bonds. The number of aliphatic carboxylic acids is 3. The van der Waals surface area contributed by atoms with Gasteiger partial charge in [-0.2, -0.15) is 26.3 Å². The Balaban J connectivity index is 0.000000384. The van der Waals surface area contributed by atoms with Crippen molar-refractivity contribution < 1.29 is 60.8 Å². The third-order valence-electron chi connectivity index (χ3n) is 5.82. The molecule has 0 unspecified atom stereocenters. The van der Waals surface area contributed by atoms with Crippen LogP contribution < -0.4 is 5.73 Å². The lowest BCUT2D eigenvalue weighted by atomic mass is 9.96. The summed E-state index contributed by atoms with van der Waals surface area (Å²) >= 11 is 0. The van der Waals surface area contributed by atoms with Gasteiger partial charge in [0.15, 0.2) is 0 Å². The van der Waals surface area contributed by atoms with Crippen LogP contribution in [-0.2, 0) is 14.4 Å². The molecule has 0 aliphatic carbocycles. The van der Waals surface area contributed by atoms with E-state index in [0.717, 1.165) is 11.3 Å². The van der Waals surface area contributed by atoms with Crippen LogP contribution in [0.4, 0.5) is 26.3 Å². The molecule has 43 heavy (non-hydrogen) atoms. The minimum atomic E-state index is -5.08. The highest BCUT2D eigenvalue weighted by molar-refractivity contribution is 6.00. The van der Waals surface area contributed by atoms with Gasteiger partial charge in [-0.05, 0) is 37.1 Å². The minimum Gasteiger partial charge on any atom is -0.481 e. The molecule has 0 bridgehead atoms. The van der Waals surface area contributed by atoms with Crippen LogP contribution in [0.15, 0.2) is 48.8 Å². The predicted molar refractivity (Wildman–Crippen MR) is 135 cm³/mol. The number of fused-ring (bicyclic) bond motifs is 1. The third kappa shape index (κ3) is 9.44. The van der Waals surface area contributed by atoms with Gasteiger partial charge in [-0.1, -0.05) is 12.1 Å². The van der Waals surface area contributed by atoms with E-state index in [9.17, 15) is 35.9 Å². The van der Waals surface area contributed by atoms with Crippen molar-refractivity contribution in [3.8, 4) is 11.3 Å². The number of carboxylic acid groups (broad SMARTS) is 3. The number of amidine groups is 1. The summed E-state index contributed by atoms with van der Waals surface area (Å²) in [4.78, 5) is 47.9. The van der Waals surface area contributed by atoms with Crippen molar-refractivity contribution in [3.05, 3.63) is 59.9 Å². The molecule has 0 spiro atoms. The lowest BCUT2D eigenvalue weighted by Crippen LogP contribution is -2.40. The van der Waals surface area contributed by atoms with E-state index in [2.05, 4.69) is 4.98 Å². The molecule has 4 rings (SSSR count). The Hall–Kier alpha value is -5.16. The van der Waals surface area contributed by atoms with Crippen molar-refractivity contribution in [1.29, 1.82) is 5.41 Å². The number of halogens is 6. The van der Waals surface area contributed by atoms with Gasteiger partial charge in [-0.3, -0.25) is 15.0 Å². The number of likely N-dealkylation sites (tertiary alicyclic amines) is 1. The summed E-state index contributed by atoms with van der Waals surface area (Å²) in [5.74, 6) is -6.80. The third-order valence-corrected chi connectivity index (χ3v) is 5.82. The number of nitrogens with two attached hydrogens (primary N) is 1. The first-order chi connectivity index (χ1) is 19.8. The van der Waals surface area contributed by atoms with Gasteiger partial charge in [0, 0.05) is 36.6 Å². The molecule has 18 heteroatoms. The molecule has 1 aliphatic rings. The van der Waals surface area contributed by atoms with E-state index in [1.165, 1.54) is 0 Å². The zero-order chi connectivity index (χ0) is 32.7. The van der Waals surface area contributed by atoms with E-state index < -0.39 is 30.3 Å². The number of carbonyl (C=O) groups excluding carboxylic acids is 1. The Morgan fingerprint density at radius 1 is 0.884 bits per heavy atom. The van der Waals surface area contributed by atoms with Crippen molar-refractivity contribution in [3.63, 3.8) is 0 Å². The van der Waals surface area contributed by atoms with E-state index in [-0.39, 0.29) is 17.7 Å². The van der Waals surface area contributed by atoms with Crippen molar-refractivity contribution in [2.75, 3.05) is 13.1 Å². The number of pyridine rings is 1. The predicted octanol–water partition coefficient (Wildman–Crippen LogP) is 3.49. The fourth-order valence-electron chi connectivity index (χ4n) is 3.66. The van der Waals surface area contributed by atoms with Gasteiger partial charge in [-0.15, -0.1) is 0 Å². The number of carboxylic acids is 3. The number of nitrogen functional groups attached to an aromatic ring is 1. The maximum atomic E-state index is 12.7. The normalized spacial score (nSPS) is 13.7. The van der Waals surface area contributed by atoms with E-state index >= 15 is 0 Å². The van der Waals surface area contributed by atoms with Crippen molar-refractivity contribution >= 4 is 35.3 Å². The number of nitrogens with zero attached hydrogens (tertiary/aromatic N) is 3. The van der Waals surface area contributed by atoms with Crippen LogP contribution >= 0.6 is 0 Å². The minimum absolute atomic E-state index is 0.0413. The van der Waals surface area contributed by atoms with E-state index in [0.29, 0.717) is 42.7 Å². The average Bonchev–Trinajstić information content (AvgIpc) is 3.37. The molecule has 0 radical (unpaired) electrons. The molecular weight excluding hydrogens is 596 g/mol. The number of benzene rings is 1. The van der Waals surface area contributed by atoms with Crippen LogP contribution in [0.3, 0.4) is 0 Å².